The number of unbranched alkanes of at least 4 members (excludes halogenated alkanes) is 7. The number of esters is 1. The largest absolute Gasteiger partial charge is 0.426 e. The number of ether oxygens (including phenoxy) is 1. The first-order valence-corrected chi connectivity index (χ1v) is 10.9. The van der Waals surface area contributed by atoms with Crippen LogP contribution in [-0.4, -0.2) is 5.97 Å². The van der Waals surface area contributed by atoms with Crippen molar-refractivity contribution >= 4 is 5.97 Å². The van der Waals surface area contributed by atoms with Crippen LogP contribution in [0.25, 0.3) is 0 Å². The summed E-state index contributed by atoms with van der Waals surface area (Å²) in [6, 6.07) is 6.26. The minimum Gasteiger partial charge on any atom is -0.426 e. The van der Waals surface area contributed by atoms with Crippen LogP contribution in [0.5, 0.6) is 5.75 Å². The summed E-state index contributed by atoms with van der Waals surface area (Å²) in [4.78, 5) is 12.5. The lowest BCUT2D eigenvalue weighted by Crippen LogP contribution is -2.21. The fourth-order valence-electron chi connectivity index (χ4n) is 3.40. The van der Waals surface area contributed by atoms with Crippen molar-refractivity contribution in [1.29, 1.82) is 0 Å². The maximum Gasteiger partial charge on any atom is 0.311 e. The SMILES string of the molecule is CCCCCCCCCCC(=O)Oc1c(C(C)(C)C)cccc1C(C)(C)C. The van der Waals surface area contributed by atoms with Gasteiger partial charge in [0.1, 0.15) is 5.75 Å². The molecule has 1 aromatic rings. The molecule has 2 nitrogen and oxygen atoms in total. The summed E-state index contributed by atoms with van der Waals surface area (Å²) in [5.41, 5.74) is 2.10. The van der Waals surface area contributed by atoms with Crippen LogP contribution in [0.1, 0.15) is 117 Å². The molecule has 1 rings (SSSR count). The fraction of sp³-hybridized carbons (Fsp3) is 0.720. The molecule has 0 N–H and O–H groups in total. The smallest absolute Gasteiger partial charge is 0.311 e. The minimum atomic E-state index is -0.0943. The first kappa shape index (κ1) is 23.7. The van der Waals surface area contributed by atoms with Crippen molar-refractivity contribution in [1.82, 2.24) is 0 Å². The molecule has 0 aromatic heterocycles. The van der Waals surface area contributed by atoms with Gasteiger partial charge >= 0.3 is 5.97 Å². The topological polar surface area (TPSA) is 26.3 Å². The molecule has 154 valence electrons. The maximum atomic E-state index is 12.5. The van der Waals surface area contributed by atoms with Crippen molar-refractivity contribution in [2.24, 2.45) is 0 Å². The van der Waals surface area contributed by atoms with Gasteiger partial charge in [0.25, 0.3) is 0 Å². The minimum absolute atomic E-state index is 0.0602. The van der Waals surface area contributed by atoms with E-state index in [1.54, 1.807) is 0 Å². The molecule has 0 fully saturated rings. The van der Waals surface area contributed by atoms with Crippen LogP contribution in [-0.2, 0) is 15.6 Å². The number of benzene rings is 1. The second kappa shape index (κ2) is 10.9. The summed E-state index contributed by atoms with van der Waals surface area (Å²) in [5.74, 6) is 0.685. The van der Waals surface area contributed by atoms with Crippen LogP contribution in [0.15, 0.2) is 18.2 Å². The summed E-state index contributed by atoms with van der Waals surface area (Å²) < 4.78 is 5.95. The van der Waals surface area contributed by atoms with Gasteiger partial charge in [-0.3, -0.25) is 4.79 Å². The molecule has 0 amide bonds. The highest BCUT2D eigenvalue weighted by Gasteiger charge is 2.27. The van der Waals surface area contributed by atoms with Crippen LogP contribution in [0, 0.1) is 0 Å². The number of hydrogen-bond donors (Lipinski definition) is 0. The molecular weight excluding hydrogens is 332 g/mol. The van der Waals surface area contributed by atoms with Crippen molar-refractivity contribution in [2.75, 3.05) is 0 Å². The second-order valence-corrected chi connectivity index (χ2v) is 9.88. The maximum absolute atomic E-state index is 12.5. The van der Waals surface area contributed by atoms with Gasteiger partial charge in [-0.25, -0.2) is 0 Å². The lowest BCUT2D eigenvalue weighted by atomic mass is 9.79. The second-order valence-electron chi connectivity index (χ2n) is 9.88. The molecule has 0 atom stereocenters. The van der Waals surface area contributed by atoms with Crippen LogP contribution >= 0.6 is 0 Å². The summed E-state index contributed by atoms with van der Waals surface area (Å²) in [7, 11) is 0. The number of hydrogen-bond acceptors (Lipinski definition) is 2. The molecule has 0 unspecified atom stereocenters. The normalized spacial score (nSPS) is 12.3. The van der Waals surface area contributed by atoms with Crippen molar-refractivity contribution in [3.8, 4) is 5.75 Å². The molecular formula is C25H42O2. The summed E-state index contributed by atoms with van der Waals surface area (Å²) in [6.07, 6.45) is 10.4. The Balaban J connectivity index is 2.65. The summed E-state index contributed by atoms with van der Waals surface area (Å²) >= 11 is 0. The van der Waals surface area contributed by atoms with E-state index in [2.05, 4.69) is 66.7 Å². The number of carbonyl (C=O) groups is 1. The molecule has 0 aliphatic carbocycles. The van der Waals surface area contributed by atoms with Crippen molar-refractivity contribution in [3.63, 3.8) is 0 Å². The molecule has 1 aromatic carbocycles. The van der Waals surface area contributed by atoms with E-state index in [0.29, 0.717) is 6.42 Å². The Morgan fingerprint density at radius 1 is 0.778 bits per heavy atom. The molecule has 0 heterocycles. The Labute approximate surface area is 168 Å². The highest BCUT2D eigenvalue weighted by Crippen LogP contribution is 2.39. The average Bonchev–Trinajstić information content (AvgIpc) is 2.55. The zero-order chi connectivity index (χ0) is 20.5. The Hall–Kier alpha value is -1.31. The van der Waals surface area contributed by atoms with E-state index in [1.165, 1.54) is 38.5 Å². The zero-order valence-electron chi connectivity index (χ0n) is 18.9. The molecule has 0 saturated carbocycles. The van der Waals surface area contributed by atoms with E-state index in [4.69, 9.17) is 4.74 Å². The van der Waals surface area contributed by atoms with Crippen LogP contribution < -0.4 is 4.74 Å². The first-order valence-electron chi connectivity index (χ1n) is 10.9. The quantitative estimate of drug-likeness (QED) is 0.238. The highest BCUT2D eigenvalue weighted by atomic mass is 16.5. The van der Waals surface area contributed by atoms with E-state index < -0.39 is 0 Å². The lowest BCUT2D eigenvalue weighted by molar-refractivity contribution is -0.134. The van der Waals surface area contributed by atoms with Crippen LogP contribution in [0.2, 0.25) is 0 Å². The van der Waals surface area contributed by atoms with Gasteiger partial charge in [-0.1, -0.05) is 112 Å². The molecule has 0 aliphatic rings. The molecule has 0 radical (unpaired) electrons. The van der Waals surface area contributed by atoms with Gasteiger partial charge in [-0.05, 0) is 17.3 Å². The third kappa shape index (κ3) is 8.49. The fourth-order valence-corrected chi connectivity index (χ4v) is 3.40. The van der Waals surface area contributed by atoms with Gasteiger partial charge in [-0.15, -0.1) is 0 Å². The molecule has 0 aliphatic heterocycles. The van der Waals surface area contributed by atoms with E-state index in [-0.39, 0.29) is 16.8 Å². The number of carbonyl (C=O) groups excluding carboxylic acids is 1. The van der Waals surface area contributed by atoms with Crippen molar-refractivity contribution in [3.05, 3.63) is 29.3 Å². The van der Waals surface area contributed by atoms with Gasteiger partial charge in [0.05, 0.1) is 0 Å². The number of rotatable bonds is 10. The predicted octanol–water partition coefficient (Wildman–Crippen LogP) is 7.72. The Bertz CT molecular complexity index is 541. The Morgan fingerprint density at radius 3 is 1.67 bits per heavy atom. The molecule has 27 heavy (non-hydrogen) atoms. The van der Waals surface area contributed by atoms with Gasteiger partial charge in [0, 0.05) is 17.5 Å². The van der Waals surface area contributed by atoms with Gasteiger partial charge in [0.2, 0.25) is 0 Å². The lowest BCUT2D eigenvalue weighted by Gasteiger charge is -2.28. The van der Waals surface area contributed by atoms with Crippen molar-refractivity contribution in [2.45, 2.75) is 117 Å². The van der Waals surface area contributed by atoms with E-state index in [0.717, 1.165) is 29.7 Å². The molecule has 2 heteroatoms. The number of para-hydroxylation sites is 1. The molecule has 0 saturated heterocycles. The predicted molar refractivity (Wildman–Crippen MR) is 117 cm³/mol. The van der Waals surface area contributed by atoms with Crippen molar-refractivity contribution < 1.29 is 9.53 Å². The third-order valence-electron chi connectivity index (χ3n) is 5.08. The van der Waals surface area contributed by atoms with Gasteiger partial charge in [-0.2, -0.15) is 0 Å². The van der Waals surface area contributed by atoms with Gasteiger partial charge in [0.15, 0.2) is 0 Å². The van der Waals surface area contributed by atoms with E-state index >= 15 is 0 Å². The average molecular weight is 375 g/mol. The summed E-state index contributed by atoms with van der Waals surface area (Å²) in [6.45, 7) is 15.3. The van der Waals surface area contributed by atoms with Crippen LogP contribution in [0.3, 0.4) is 0 Å². The molecule has 0 bridgehead atoms. The monoisotopic (exact) mass is 374 g/mol. The highest BCUT2D eigenvalue weighted by molar-refractivity contribution is 5.73. The van der Waals surface area contributed by atoms with E-state index in [1.807, 2.05) is 0 Å². The van der Waals surface area contributed by atoms with Crippen LogP contribution in [0.4, 0.5) is 0 Å². The van der Waals surface area contributed by atoms with Gasteiger partial charge < -0.3 is 4.74 Å². The first-order chi connectivity index (χ1) is 12.6. The standard InChI is InChI=1S/C25H42O2/c1-8-9-10-11-12-13-14-15-19-22(26)27-23-20(24(2,3)4)17-16-18-21(23)25(5,6)7/h16-18H,8-15,19H2,1-7H3. The Morgan fingerprint density at radius 2 is 1.22 bits per heavy atom. The Kier molecular flexibility index (Phi) is 9.56. The zero-order valence-corrected chi connectivity index (χ0v) is 18.9. The summed E-state index contributed by atoms with van der Waals surface area (Å²) in [5, 5.41) is 0. The third-order valence-corrected chi connectivity index (χ3v) is 5.08. The molecule has 0 spiro atoms. The van der Waals surface area contributed by atoms with E-state index in [9.17, 15) is 4.79 Å².